The lowest BCUT2D eigenvalue weighted by molar-refractivity contribution is -0.151. The number of alkyl halides is 3. The van der Waals surface area contributed by atoms with Crippen molar-refractivity contribution in [3.63, 3.8) is 0 Å². The Morgan fingerprint density at radius 2 is 1.94 bits per heavy atom. The smallest absolute Gasteiger partial charge is 0.372 e. The number of carbonyl (C=O) groups excluding carboxylic acids is 2. The maximum Gasteiger partial charge on any atom is 0.401 e. The molecule has 2 amide bonds. The fraction of sp³-hybridized carbons (Fsp3) is 0.435. The summed E-state index contributed by atoms with van der Waals surface area (Å²) < 4.78 is 39.1. The highest BCUT2D eigenvalue weighted by molar-refractivity contribution is 5.94. The lowest BCUT2D eigenvalue weighted by Gasteiger charge is -2.29. The number of nitrogens with two attached hydrogens (primary N) is 1. The zero-order chi connectivity index (χ0) is 26.0. The fourth-order valence-corrected chi connectivity index (χ4v) is 4.96. The summed E-state index contributed by atoms with van der Waals surface area (Å²) in [6.45, 7) is 3.15. The predicted octanol–water partition coefficient (Wildman–Crippen LogP) is 2.95. The number of aryl methyl sites for hydroxylation is 2. The Kier molecular flexibility index (Phi) is 7.11. The summed E-state index contributed by atoms with van der Waals surface area (Å²) in [5.41, 5.74) is 7.37. The number of rotatable bonds is 4. The van der Waals surface area contributed by atoms with Crippen LogP contribution in [0.3, 0.4) is 0 Å². The Bertz CT molecular complexity index is 1240. The van der Waals surface area contributed by atoms with Crippen LogP contribution in [0.5, 0.6) is 0 Å². The molecule has 10 nitrogen and oxygen atoms in total. The van der Waals surface area contributed by atoms with Crippen LogP contribution in [0.1, 0.15) is 30.5 Å². The second kappa shape index (κ2) is 10.1. The largest absolute Gasteiger partial charge is 0.401 e. The molecule has 2 atom stereocenters. The molecule has 0 saturated carbocycles. The number of halogens is 3. The number of aromatic nitrogens is 4. The zero-order valence-electron chi connectivity index (χ0n) is 19.8. The van der Waals surface area contributed by atoms with Crippen molar-refractivity contribution in [3.8, 4) is 0 Å². The molecule has 0 spiro atoms. The van der Waals surface area contributed by atoms with E-state index in [-0.39, 0.29) is 37.4 Å². The van der Waals surface area contributed by atoms with Crippen LogP contribution < -0.4 is 16.0 Å². The number of aromatic amines is 1. The van der Waals surface area contributed by atoms with Gasteiger partial charge in [-0.05, 0) is 44.4 Å². The Balaban J connectivity index is 0.000000967. The van der Waals surface area contributed by atoms with E-state index in [1.165, 1.54) is 4.90 Å². The van der Waals surface area contributed by atoms with Gasteiger partial charge in [-0.1, -0.05) is 0 Å². The number of carbonyl (C=O) groups is 2. The van der Waals surface area contributed by atoms with Gasteiger partial charge >= 0.3 is 6.18 Å². The third-order valence-corrected chi connectivity index (χ3v) is 6.45. The average Bonchev–Trinajstić information content (AvgIpc) is 3.31. The summed E-state index contributed by atoms with van der Waals surface area (Å²) in [6.07, 6.45) is 0.743. The number of nitrogens with zero attached hydrogens (tertiary/aromatic N) is 5. The minimum atomic E-state index is -4.28. The molecular weight excluding hydrogens is 477 g/mol. The van der Waals surface area contributed by atoms with Gasteiger partial charge in [-0.15, -0.1) is 0 Å². The van der Waals surface area contributed by atoms with Crippen molar-refractivity contribution in [2.75, 3.05) is 23.3 Å². The van der Waals surface area contributed by atoms with Gasteiger partial charge in [0.25, 0.3) is 0 Å². The summed E-state index contributed by atoms with van der Waals surface area (Å²) in [4.78, 5) is 40.8. The van der Waals surface area contributed by atoms with E-state index in [0.717, 1.165) is 22.3 Å². The number of H-pyrrole nitrogens is 1. The average molecular weight is 505 g/mol. The van der Waals surface area contributed by atoms with Crippen LogP contribution in [0.15, 0.2) is 24.5 Å². The van der Waals surface area contributed by atoms with Gasteiger partial charge in [0.2, 0.25) is 18.3 Å². The predicted molar refractivity (Wildman–Crippen MR) is 128 cm³/mol. The second-order valence-electron chi connectivity index (χ2n) is 8.87. The molecule has 4 N–H and O–H groups in total. The van der Waals surface area contributed by atoms with Crippen molar-refractivity contribution < 1.29 is 22.8 Å². The summed E-state index contributed by atoms with van der Waals surface area (Å²) in [5.74, 6) is 0.722. The number of pyridine rings is 1. The second-order valence-corrected chi connectivity index (χ2v) is 8.87. The van der Waals surface area contributed by atoms with E-state index in [1.54, 1.807) is 23.2 Å². The summed E-state index contributed by atoms with van der Waals surface area (Å²) in [7, 11) is 0. The van der Waals surface area contributed by atoms with Crippen LogP contribution in [-0.2, 0) is 9.59 Å². The highest BCUT2D eigenvalue weighted by atomic mass is 19.4. The maximum atomic E-state index is 13.0. The first-order valence-corrected chi connectivity index (χ1v) is 11.4. The zero-order valence-corrected chi connectivity index (χ0v) is 19.8. The molecule has 0 aromatic carbocycles. The maximum absolute atomic E-state index is 13.0. The molecule has 5 heterocycles. The lowest BCUT2D eigenvalue weighted by Crippen LogP contribution is -2.44. The number of fused-ring (bicyclic) bond motifs is 3. The molecule has 2 aliphatic rings. The molecule has 0 radical (unpaired) electrons. The van der Waals surface area contributed by atoms with E-state index >= 15 is 0 Å². The van der Waals surface area contributed by atoms with Gasteiger partial charge in [-0.2, -0.15) is 18.2 Å². The normalized spacial score (nSPS) is 20.1. The van der Waals surface area contributed by atoms with E-state index in [2.05, 4.69) is 31.0 Å². The van der Waals surface area contributed by atoms with Crippen LogP contribution in [0.2, 0.25) is 0 Å². The molecule has 3 aromatic rings. The van der Waals surface area contributed by atoms with Crippen LogP contribution in [0.25, 0.3) is 11.0 Å². The first-order valence-electron chi connectivity index (χ1n) is 11.4. The third kappa shape index (κ3) is 5.40. The van der Waals surface area contributed by atoms with Crippen LogP contribution in [-0.4, -0.2) is 68.5 Å². The number of nitrogens with one attached hydrogen (secondary N) is 2. The van der Waals surface area contributed by atoms with Gasteiger partial charge in [-0.3, -0.25) is 14.5 Å². The number of primary amides is 1. The standard InChI is InChI=1S/C22H24F3N7O.CH3NO/c1-12-8-27-20-19(12)13(2)28-21(30-20)29-17-6-5-15(9-26-17)31-10-16-4-3-14(7-18(31)33)32(16)11-22(23,24)25;2-1-3/h5-6,8-9,14,16H,3-4,7,10-11H2,1-2H3,(H2,26,27,28,29,30);1H,(H2,2,3)/t14-,16+;/m0./s1. The number of anilines is 3. The van der Waals surface area contributed by atoms with E-state index in [9.17, 15) is 18.0 Å². The monoisotopic (exact) mass is 504 g/mol. The van der Waals surface area contributed by atoms with Gasteiger partial charge in [0, 0.05) is 36.6 Å². The van der Waals surface area contributed by atoms with Crippen molar-refractivity contribution in [1.82, 2.24) is 24.8 Å². The van der Waals surface area contributed by atoms with Gasteiger partial charge in [-0.25, -0.2) is 9.97 Å². The third-order valence-electron chi connectivity index (χ3n) is 6.45. The minimum Gasteiger partial charge on any atom is -0.372 e. The van der Waals surface area contributed by atoms with Gasteiger partial charge in [0.1, 0.15) is 11.5 Å². The molecule has 0 aliphatic carbocycles. The Labute approximate surface area is 205 Å². The van der Waals surface area contributed by atoms with E-state index in [4.69, 9.17) is 4.79 Å². The molecular formula is C23H27F3N8O2. The number of hydrogen-bond donors (Lipinski definition) is 3. The molecule has 36 heavy (non-hydrogen) atoms. The van der Waals surface area contributed by atoms with Gasteiger partial charge in [0.15, 0.2) is 0 Å². The highest BCUT2D eigenvalue weighted by Crippen LogP contribution is 2.35. The summed E-state index contributed by atoms with van der Waals surface area (Å²) in [6, 6.07) is 2.77. The van der Waals surface area contributed by atoms with Crippen LogP contribution in [0.4, 0.5) is 30.6 Å². The molecule has 2 aliphatic heterocycles. The molecule has 2 saturated heterocycles. The molecule has 192 valence electrons. The molecule has 2 fully saturated rings. The molecule has 0 unspecified atom stereocenters. The van der Waals surface area contributed by atoms with E-state index in [0.29, 0.717) is 30.3 Å². The quantitative estimate of drug-likeness (QED) is 0.465. The molecule has 3 aromatic heterocycles. The Morgan fingerprint density at radius 3 is 2.61 bits per heavy atom. The van der Waals surface area contributed by atoms with E-state index < -0.39 is 12.7 Å². The molecule has 5 rings (SSSR count). The number of amides is 2. The molecule has 13 heteroatoms. The fourth-order valence-electron chi connectivity index (χ4n) is 4.96. The minimum absolute atomic E-state index is 0.0786. The van der Waals surface area contributed by atoms with Gasteiger partial charge < -0.3 is 20.9 Å². The Morgan fingerprint density at radius 1 is 1.22 bits per heavy atom. The summed E-state index contributed by atoms with van der Waals surface area (Å²) >= 11 is 0. The van der Waals surface area contributed by atoms with Crippen molar-refractivity contribution in [1.29, 1.82) is 0 Å². The molecule has 2 bridgehead atoms. The first-order chi connectivity index (χ1) is 17.1. The first kappa shape index (κ1) is 25.4. The topological polar surface area (TPSA) is 133 Å². The Hall–Kier alpha value is -3.74. The SMILES string of the molecule is Cc1c[nH]c2nc(Nc3ccc(N4C[C@H]5CC[C@@H](CC4=O)N5CC(F)(F)F)cn3)nc(C)c12.NC=O. The van der Waals surface area contributed by atoms with E-state index in [1.807, 2.05) is 20.0 Å². The number of hydrogen-bond acceptors (Lipinski definition) is 7. The van der Waals surface area contributed by atoms with Crippen molar-refractivity contribution in [2.24, 2.45) is 5.73 Å². The highest BCUT2D eigenvalue weighted by Gasteiger charge is 2.45. The lowest BCUT2D eigenvalue weighted by atomic mass is 10.1. The van der Waals surface area contributed by atoms with Crippen molar-refractivity contribution >= 4 is 40.8 Å². The van der Waals surface area contributed by atoms with Crippen LogP contribution in [0, 0.1) is 13.8 Å². The summed E-state index contributed by atoms with van der Waals surface area (Å²) in [5, 5.41) is 4.05. The van der Waals surface area contributed by atoms with Crippen molar-refractivity contribution in [3.05, 3.63) is 35.8 Å². The van der Waals surface area contributed by atoms with Crippen LogP contribution >= 0.6 is 0 Å². The van der Waals surface area contributed by atoms with Gasteiger partial charge in [0.05, 0.1) is 24.1 Å². The van der Waals surface area contributed by atoms with Crippen molar-refractivity contribution in [2.45, 2.75) is 51.4 Å².